The van der Waals surface area contributed by atoms with E-state index >= 15 is 0 Å². The summed E-state index contributed by atoms with van der Waals surface area (Å²) in [6.45, 7) is 0.444. The van der Waals surface area contributed by atoms with E-state index in [1.165, 1.54) is 4.90 Å². The van der Waals surface area contributed by atoms with Crippen LogP contribution in [0, 0.1) is 17.6 Å². The molecule has 2 amide bonds. The average Bonchev–Trinajstić information content (AvgIpc) is 2.42. The zero-order chi connectivity index (χ0) is 15.6. The molecule has 2 rings (SSSR count). The second-order valence-electron chi connectivity index (χ2n) is 4.77. The van der Waals surface area contributed by atoms with Crippen LogP contribution < -0.4 is 5.32 Å². The Morgan fingerprint density at radius 1 is 1.24 bits per heavy atom. The fraction of sp³-hybridized carbons (Fsp3) is 0.385. The molecule has 21 heavy (non-hydrogen) atoms. The maximum atomic E-state index is 13.6. The van der Waals surface area contributed by atoms with Crippen LogP contribution in [0.25, 0.3) is 0 Å². The van der Waals surface area contributed by atoms with Gasteiger partial charge in [0.1, 0.15) is 5.69 Å². The predicted octanol–water partition coefficient (Wildman–Crippen LogP) is 2.95. The van der Waals surface area contributed by atoms with E-state index in [1.807, 2.05) is 0 Å². The monoisotopic (exact) mass is 318 g/mol. The number of benzene rings is 1. The average molecular weight is 319 g/mol. The van der Waals surface area contributed by atoms with Crippen LogP contribution in [0.15, 0.2) is 12.1 Å². The molecular weight excluding hydrogens is 306 g/mol. The third-order valence-corrected chi connectivity index (χ3v) is 3.59. The summed E-state index contributed by atoms with van der Waals surface area (Å²) in [5.41, 5.74) is -0.565. The third kappa shape index (κ3) is 3.60. The molecule has 0 aliphatic carbocycles. The first-order valence-electron chi connectivity index (χ1n) is 6.31. The zero-order valence-electron chi connectivity index (χ0n) is 10.9. The molecule has 0 bridgehead atoms. The fourth-order valence-electron chi connectivity index (χ4n) is 2.18. The molecule has 1 saturated heterocycles. The van der Waals surface area contributed by atoms with Gasteiger partial charge in [-0.05, 0) is 25.0 Å². The van der Waals surface area contributed by atoms with Crippen molar-refractivity contribution in [3.63, 3.8) is 0 Å². The van der Waals surface area contributed by atoms with Crippen LogP contribution in [0.3, 0.4) is 0 Å². The minimum Gasteiger partial charge on any atom is -0.481 e. The van der Waals surface area contributed by atoms with E-state index in [0.717, 1.165) is 12.1 Å². The molecular formula is C13H13ClF2N2O3. The highest BCUT2D eigenvalue weighted by Gasteiger charge is 2.27. The van der Waals surface area contributed by atoms with E-state index in [-0.39, 0.29) is 18.1 Å². The molecule has 1 fully saturated rings. The van der Waals surface area contributed by atoms with Gasteiger partial charge in [0, 0.05) is 18.1 Å². The first-order valence-corrected chi connectivity index (χ1v) is 6.69. The van der Waals surface area contributed by atoms with Gasteiger partial charge >= 0.3 is 12.0 Å². The number of urea groups is 1. The number of rotatable bonds is 2. The molecule has 0 radical (unpaired) electrons. The molecule has 5 nitrogen and oxygen atoms in total. The molecule has 1 heterocycles. The molecule has 2 N–H and O–H groups in total. The lowest BCUT2D eigenvalue weighted by molar-refractivity contribution is -0.143. The molecule has 114 valence electrons. The number of carbonyl (C=O) groups excluding carboxylic acids is 1. The molecule has 0 unspecified atom stereocenters. The standard InChI is InChI=1S/C13H13ClF2N2O3/c14-8-5-9(15)11(10(16)6-8)17-13(21)18-3-1-7(2-4-18)12(19)20/h5-7H,1-4H2,(H,17,21)(H,19,20). The van der Waals surface area contributed by atoms with E-state index in [4.69, 9.17) is 16.7 Å². The summed E-state index contributed by atoms with van der Waals surface area (Å²) in [7, 11) is 0. The molecule has 0 spiro atoms. The van der Waals surface area contributed by atoms with Crippen molar-refractivity contribution >= 4 is 29.3 Å². The van der Waals surface area contributed by atoms with E-state index in [9.17, 15) is 18.4 Å². The Kier molecular flexibility index (Phi) is 4.62. The Bertz CT molecular complexity index is 552. The molecule has 1 aliphatic rings. The van der Waals surface area contributed by atoms with Crippen LogP contribution in [-0.2, 0) is 4.79 Å². The van der Waals surface area contributed by atoms with E-state index in [2.05, 4.69) is 5.32 Å². The van der Waals surface area contributed by atoms with Gasteiger partial charge in [-0.3, -0.25) is 4.79 Å². The molecule has 0 aromatic heterocycles. The largest absolute Gasteiger partial charge is 0.481 e. The van der Waals surface area contributed by atoms with Crippen LogP contribution in [0.1, 0.15) is 12.8 Å². The lowest BCUT2D eigenvalue weighted by Crippen LogP contribution is -2.42. The van der Waals surface area contributed by atoms with Gasteiger partial charge in [0.25, 0.3) is 0 Å². The Hall–Kier alpha value is -1.89. The first kappa shape index (κ1) is 15.5. The summed E-state index contributed by atoms with van der Waals surface area (Å²) in [4.78, 5) is 24.1. The maximum absolute atomic E-state index is 13.6. The van der Waals surface area contributed by atoms with Gasteiger partial charge in [0.2, 0.25) is 0 Å². The van der Waals surface area contributed by atoms with Crippen LogP contribution in [-0.4, -0.2) is 35.1 Å². The number of hydrogen-bond donors (Lipinski definition) is 2. The summed E-state index contributed by atoms with van der Waals surface area (Å²) in [6.07, 6.45) is 0.628. The number of nitrogens with zero attached hydrogens (tertiary/aromatic N) is 1. The van der Waals surface area contributed by atoms with Crippen molar-refractivity contribution in [3.8, 4) is 0 Å². The summed E-state index contributed by atoms with van der Waals surface area (Å²) >= 11 is 5.49. The van der Waals surface area contributed by atoms with Crippen molar-refractivity contribution in [3.05, 3.63) is 28.8 Å². The molecule has 1 aromatic carbocycles. The van der Waals surface area contributed by atoms with Gasteiger partial charge in [0.15, 0.2) is 11.6 Å². The summed E-state index contributed by atoms with van der Waals surface area (Å²) < 4.78 is 27.1. The minimum atomic E-state index is -0.964. The second kappa shape index (κ2) is 6.26. The number of hydrogen-bond acceptors (Lipinski definition) is 2. The molecule has 0 atom stereocenters. The van der Waals surface area contributed by atoms with Gasteiger partial charge in [-0.25, -0.2) is 13.6 Å². The number of piperidine rings is 1. The van der Waals surface area contributed by atoms with Crippen molar-refractivity contribution < 1.29 is 23.5 Å². The Balaban J connectivity index is 2.01. The van der Waals surface area contributed by atoms with E-state index < -0.39 is 35.2 Å². The van der Waals surface area contributed by atoms with E-state index in [0.29, 0.717) is 12.8 Å². The Labute approximate surface area is 124 Å². The zero-order valence-corrected chi connectivity index (χ0v) is 11.7. The lowest BCUT2D eigenvalue weighted by atomic mass is 9.97. The highest BCUT2D eigenvalue weighted by molar-refractivity contribution is 6.30. The van der Waals surface area contributed by atoms with Crippen molar-refractivity contribution in [1.29, 1.82) is 0 Å². The minimum absolute atomic E-state index is 0.106. The van der Waals surface area contributed by atoms with Crippen LogP contribution in [0.4, 0.5) is 19.3 Å². The number of aliphatic carboxylic acids is 1. The maximum Gasteiger partial charge on any atom is 0.322 e. The first-order chi connectivity index (χ1) is 9.88. The van der Waals surface area contributed by atoms with Crippen LogP contribution in [0.5, 0.6) is 0 Å². The van der Waals surface area contributed by atoms with Gasteiger partial charge in [0.05, 0.1) is 5.92 Å². The van der Waals surface area contributed by atoms with Crippen molar-refractivity contribution in [1.82, 2.24) is 4.90 Å². The number of carbonyl (C=O) groups is 2. The van der Waals surface area contributed by atoms with Gasteiger partial charge in [-0.2, -0.15) is 0 Å². The van der Waals surface area contributed by atoms with Crippen molar-refractivity contribution in [2.45, 2.75) is 12.8 Å². The fourth-order valence-corrected chi connectivity index (χ4v) is 2.37. The number of amides is 2. The van der Waals surface area contributed by atoms with Crippen molar-refractivity contribution in [2.75, 3.05) is 18.4 Å². The third-order valence-electron chi connectivity index (χ3n) is 3.37. The van der Waals surface area contributed by atoms with E-state index in [1.54, 1.807) is 0 Å². The molecule has 1 aromatic rings. The van der Waals surface area contributed by atoms with Crippen LogP contribution in [0.2, 0.25) is 5.02 Å². The highest BCUT2D eigenvalue weighted by atomic mass is 35.5. The molecule has 8 heteroatoms. The smallest absolute Gasteiger partial charge is 0.322 e. The van der Waals surface area contributed by atoms with Gasteiger partial charge in [-0.15, -0.1) is 0 Å². The topological polar surface area (TPSA) is 69.6 Å². The van der Waals surface area contributed by atoms with Crippen molar-refractivity contribution in [2.24, 2.45) is 5.92 Å². The van der Waals surface area contributed by atoms with Crippen LogP contribution >= 0.6 is 11.6 Å². The SMILES string of the molecule is O=C(O)C1CCN(C(=O)Nc2c(F)cc(Cl)cc2F)CC1. The normalized spacial score (nSPS) is 15.9. The second-order valence-corrected chi connectivity index (χ2v) is 5.21. The number of likely N-dealkylation sites (tertiary alicyclic amines) is 1. The Morgan fingerprint density at radius 2 is 1.76 bits per heavy atom. The quantitative estimate of drug-likeness (QED) is 0.881. The summed E-state index contributed by atoms with van der Waals surface area (Å²) in [6, 6.07) is 1.13. The number of halogens is 3. The lowest BCUT2D eigenvalue weighted by Gasteiger charge is -2.30. The molecule has 0 saturated carbocycles. The molecule has 1 aliphatic heterocycles. The summed E-state index contributed by atoms with van der Waals surface area (Å²) in [5.74, 6) is -3.31. The van der Waals surface area contributed by atoms with Gasteiger partial charge < -0.3 is 15.3 Å². The number of anilines is 1. The number of carboxylic acid groups (broad SMARTS) is 1. The number of nitrogens with one attached hydrogen (secondary N) is 1. The predicted molar refractivity (Wildman–Crippen MR) is 72.3 cm³/mol. The summed E-state index contributed by atoms with van der Waals surface area (Å²) in [5, 5.41) is 10.9. The number of carboxylic acids is 1. The highest BCUT2D eigenvalue weighted by Crippen LogP contribution is 2.24. The van der Waals surface area contributed by atoms with Gasteiger partial charge in [-0.1, -0.05) is 11.6 Å². The Morgan fingerprint density at radius 3 is 2.24 bits per heavy atom.